The predicted octanol–water partition coefficient (Wildman–Crippen LogP) is 4.52. The van der Waals surface area contributed by atoms with E-state index in [1.807, 2.05) is 13.0 Å². The van der Waals surface area contributed by atoms with Crippen LogP contribution in [0.25, 0.3) is 0 Å². The summed E-state index contributed by atoms with van der Waals surface area (Å²) in [6.07, 6.45) is 7.66. The van der Waals surface area contributed by atoms with Crippen LogP contribution in [0.3, 0.4) is 0 Å². The lowest BCUT2D eigenvalue weighted by molar-refractivity contribution is -0.153. The highest BCUT2D eigenvalue weighted by Gasteiger charge is 2.53. The Morgan fingerprint density at radius 2 is 2.00 bits per heavy atom. The summed E-state index contributed by atoms with van der Waals surface area (Å²) < 4.78 is 5.80. The molecule has 2 rings (SSSR count). The van der Waals surface area contributed by atoms with Crippen molar-refractivity contribution in [2.45, 2.75) is 79.2 Å². The predicted molar refractivity (Wildman–Crippen MR) is 117 cm³/mol. The molecular formula is C25H36O6. The van der Waals surface area contributed by atoms with E-state index in [4.69, 9.17) is 4.74 Å². The number of aldehydes is 1. The van der Waals surface area contributed by atoms with Crippen LogP contribution in [0.5, 0.6) is 0 Å². The van der Waals surface area contributed by atoms with Crippen molar-refractivity contribution < 1.29 is 29.0 Å². The van der Waals surface area contributed by atoms with Gasteiger partial charge in [0.2, 0.25) is 0 Å². The minimum absolute atomic E-state index is 0.195. The fraction of sp³-hybridized carbons (Fsp3) is 0.680. The molecule has 6 nitrogen and oxygen atoms in total. The summed E-state index contributed by atoms with van der Waals surface area (Å²) in [5.41, 5.74) is 0.267. The second-order valence-corrected chi connectivity index (χ2v) is 9.56. The van der Waals surface area contributed by atoms with Crippen LogP contribution in [0.15, 0.2) is 23.3 Å². The van der Waals surface area contributed by atoms with Gasteiger partial charge in [0.05, 0.1) is 5.92 Å². The fourth-order valence-electron chi connectivity index (χ4n) is 5.08. The minimum Gasteiger partial charge on any atom is -0.481 e. The van der Waals surface area contributed by atoms with E-state index in [0.29, 0.717) is 24.0 Å². The van der Waals surface area contributed by atoms with Gasteiger partial charge in [-0.2, -0.15) is 0 Å². The molecule has 172 valence electrons. The molecule has 31 heavy (non-hydrogen) atoms. The summed E-state index contributed by atoms with van der Waals surface area (Å²) in [7, 11) is 0. The molecule has 0 heterocycles. The van der Waals surface area contributed by atoms with E-state index in [9.17, 15) is 24.3 Å². The molecule has 0 amide bonds. The third kappa shape index (κ3) is 5.52. The van der Waals surface area contributed by atoms with Crippen LogP contribution in [0, 0.1) is 29.1 Å². The Morgan fingerprint density at radius 3 is 2.58 bits per heavy atom. The molecule has 1 unspecified atom stereocenters. The van der Waals surface area contributed by atoms with E-state index >= 15 is 0 Å². The van der Waals surface area contributed by atoms with Gasteiger partial charge in [-0.3, -0.25) is 9.59 Å². The first kappa shape index (κ1) is 25.0. The molecule has 0 aliphatic heterocycles. The summed E-state index contributed by atoms with van der Waals surface area (Å²) in [6.45, 7) is 9.43. The number of carboxylic acid groups (broad SMARTS) is 1. The van der Waals surface area contributed by atoms with Crippen LogP contribution in [0.2, 0.25) is 0 Å². The molecule has 1 fully saturated rings. The third-order valence-corrected chi connectivity index (χ3v) is 7.07. The zero-order valence-corrected chi connectivity index (χ0v) is 19.3. The number of hydrogen-bond acceptors (Lipinski definition) is 5. The Labute approximate surface area is 185 Å². The van der Waals surface area contributed by atoms with Crippen LogP contribution < -0.4 is 0 Å². The lowest BCUT2D eigenvalue weighted by atomic mass is 9.56. The van der Waals surface area contributed by atoms with Gasteiger partial charge in [0.1, 0.15) is 12.4 Å². The lowest BCUT2D eigenvalue weighted by Crippen LogP contribution is -2.49. The summed E-state index contributed by atoms with van der Waals surface area (Å²) in [5.74, 6) is -3.01. The van der Waals surface area contributed by atoms with Crippen molar-refractivity contribution in [1.82, 2.24) is 0 Å². The number of carbonyl (C=O) groups excluding carboxylic acids is 3. The number of carbonyl (C=O) groups is 4. The molecule has 0 aromatic rings. The van der Waals surface area contributed by atoms with Crippen molar-refractivity contribution in [1.29, 1.82) is 0 Å². The highest BCUT2D eigenvalue weighted by molar-refractivity contribution is 5.96. The summed E-state index contributed by atoms with van der Waals surface area (Å²) in [4.78, 5) is 48.8. The molecule has 1 saturated carbocycles. The molecule has 0 bridgehead atoms. The zero-order chi connectivity index (χ0) is 23.3. The van der Waals surface area contributed by atoms with Gasteiger partial charge in [-0.1, -0.05) is 46.6 Å². The van der Waals surface area contributed by atoms with Crippen LogP contribution in [-0.4, -0.2) is 35.2 Å². The number of ether oxygens (including phenoxy) is 1. The number of ketones is 1. The van der Waals surface area contributed by atoms with Gasteiger partial charge in [0.25, 0.3) is 0 Å². The van der Waals surface area contributed by atoms with Crippen molar-refractivity contribution in [2.75, 3.05) is 0 Å². The van der Waals surface area contributed by atoms with Gasteiger partial charge in [-0.25, -0.2) is 4.79 Å². The maximum Gasteiger partial charge on any atom is 0.333 e. The SMILES string of the molecule is CCCCC(C)/C=C(\C)C(=O)O[C@@H]1CC[C@H](C(=O)O)[C@@]2(C)C[C@@H]([C@@H](C)C=O)C(=O)C=C12. The van der Waals surface area contributed by atoms with Crippen molar-refractivity contribution in [2.24, 2.45) is 29.1 Å². The first-order valence-electron chi connectivity index (χ1n) is 11.4. The normalized spacial score (nSPS) is 30.6. The maximum absolute atomic E-state index is 12.7. The molecular weight excluding hydrogens is 396 g/mol. The van der Waals surface area contributed by atoms with Crippen LogP contribution >= 0.6 is 0 Å². The highest BCUT2D eigenvalue weighted by Crippen LogP contribution is 2.53. The van der Waals surface area contributed by atoms with Crippen LogP contribution in [0.1, 0.15) is 73.1 Å². The molecule has 6 atom stereocenters. The second-order valence-electron chi connectivity index (χ2n) is 9.56. The van der Waals surface area contributed by atoms with Crippen LogP contribution in [-0.2, 0) is 23.9 Å². The molecule has 0 spiro atoms. The van der Waals surface area contributed by atoms with E-state index < -0.39 is 41.2 Å². The number of unbranched alkanes of at least 4 members (excludes halogenated alkanes) is 1. The maximum atomic E-state index is 12.7. The Morgan fingerprint density at radius 1 is 1.32 bits per heavy atom. The Hall–Kier alpha value is -2.24. The number of rotatable bonds is 9. The largest absolute Gasteiger partial charge is 0.481 e. The molecule has 1 N–H and O–H groups in total. The quantitative estimate of drug-likeness (QED) is 0.327. The molecule has 0 radical (unpaired) electrons. The van der Waals surface area contributed by atoms with Gasteiger partial charge >= 0.3 is 11.9 Å². The summed E-state index contributed by atoms with van der Waals surface area (Å²) >= 11 is 0. The third-order valence-electron chi connectivity index (χ3n) is 7.07. The van der Waals surface area contributed by atoms with E-state index in [0.717, 1.165) is 25.5 Å². The molecule has 6 heteroatoms. The Kier molecular flexibility index (Phi) is 8.38. The van der Waals surface area contributed by atoms with Gasteiger partial charge in [0, 0.05) is 22.8 Å². The first-order chi connectivity index (χ1) is 14.5. The summed E-state index contributed by atoms with van der Waals surface area (Å²) in [6, 6.07) is 0. The molecule has 0 aromatic heterocycles. The fourth-order valence-corrected chi connectivity index (χ4v) is 5.08. The number of aliphatic carboxylic acids is 1. The van der Waals surface area contributed by atoms with E-state index in [1.165, 1.54) is 6.08 Å². The number of carboxylic acids is 1. The van der Waals surface area contributed by atoms with Gasteiger partial charge < -0.3 is 14.6 Å². The monoisotopic (exact) mass is 432 g/mol. The van der Waals surface area contributed by atoms with Crippen molar-refractivity contribution in [3.8, 4) is 0 Å². The topological polar surface area (TPSA) is 97.7 Å². The molecule has 0 saturated heterocycles. The van der Waals surface area contributed by atoms with E-state index in [-0.39, 0.29) is 18.1 Å². The number of allylic oxidation sites excluding steroid dienone is 2. The zero-order valence-electron chi connectivity index (χ0n) is 19.3. The smallest absolute Gasteiger partial charge is 0.333 e. The van der Waals surface area contributed by atoms with Crippen LogP contribution in [0.4, 0.5) is 0 Å². The van der Waals surface area contributed by atoms with E-state index in [1.54, 1.807) is 13.8 Å². The van der Waals surface area contributed by atoms with Crippen molar-refractivity contribution in [3.63, 3.8) is 0 Å². The highest BCUT2D eigenvalue weighted by atomic mass is 16.5. The number of fused-ring (bicyclic) bond motifs is 1. The molecule has 0 aromatic carbocycles. The van der Waals surface area contributed by atoms with Crippen molar-refractivity contribution >= 4 is 24.0 Å². The lowest BCUT2D eigenvalue weighted by Gasteiger charge is -2.48. The molecule has 2 aliphatic rings. The Bertz CT molecular complexity index is 779. The number of esters is 1. The van der Waals surface area contributed by atoms with Crippen molar-refractivity contribution in [3.05, 3.63) is 23.3 Å². The summed E-state index contributed by atoms with van der Waals surface area (Å²) in [5, 5.41) is 9.82. The number of hydrogen-bond donors (Lipinski definition) is 1. The standard InChI is InChI=1S/C25H36O6/c1-6-7-8-15(2)11-16(3)24(30)31-22-10-9-19(23(28)29)25(5)13-18(17(4)14-26)21(27)12-20(22)25/h11-12,14-15,17-19,22H,6-10,13H2,1-5H3,(H,28,29)/b16-11+/t15?,17-,18-,19+,22+,25+/m0/s1. The average molecular weight is 433 g/mol. The van der Waals surface area contributed by atoms with Gasteiger partial charge in [0.15, 0.2) is 5.78 Å². The van der Waals surface area contributed by atoms with Gasteiger partial charge in [-0.15, -0.1) is 0 Å². The average Bonchev–Trinajstić information content (AvgIpc) is 2.71. The minimum atomic E-state index is -0.925. The van der Waals surface area contributed by atoms with Gasteiger partial charge in [-0.05, 0) is 50.2 Å². The molecule has 2 aliphatic carbocycles. The van der Waals surface area contributed by atoms with E-state index in [2.05, 4.69) is 13.8 Å². The Balaban J connectivity index is 2.29. The first-order valence-corrected chi connectivity index (χ1v) is 11.4. The second kappa shape index (κ2) is 10.4.